The van der Waals surface area contributed by atoms with E-state index >= 15 is 0 Å². The van der Waals surface area contributed by atoms with Crippen LogP contribution in [0.25, 0.3) is 5.65 Å². The maximum absolute atomic E-state index is 11.2. The summed E-state index contributed by atoms with van der Waals surface area (Å²) in [5, 5.41) is 7.80. The van der Waals surface area contributed by atoms with Gasteiger partial charge in [-0.25, -0.2) is 9.50 Å². The summed E-state index contributed by atoms with van der Waals surface area (Å²) in [6, 6.07) is 2.13. The van der Waals surface area contributed by atoms with Crippen LogP contribution in [-0.2, 0) is 4.79 Å². The maximum Gasteiger partial charge on any atom is 0.217 e. The molecule has 6 nitrogen and oxygen atoms in total. The van der Waals surface area contributed by atoms with Gasteiger partial charge < -0.3 is 10.2 Å². The van der Waals surface area contributed by atoms with E-state index in [0.717, 1.165) is 48.7 Å². The van der Waals surface area contributed by atoms with Crippen LogP contribution in [0, 0.1) is 13.8 Å². The number of piperidine rings is 1. The zero-order chi connectivity index (χ0) is 17.9. The number of amides is 1. The highest BCUT2D eigenvalue weighted by atomic mass is 35.5. The minimum atomic E-state index is 0.0345. The quantitative estimate of drug-likeness (QED) is 0.902. The molecular formula is C17H26ClN5O. The zero-order valence-electron chi connectivity index (χ0n) is 15.1. The minimum Gasteiger partial charge on any atom is -0.368 e. The van der Waals surface area contributed by atoms with E-state index in [1.165, 1.54) is 0 Å². The normalized spacial score (nSPS) is 15.2. The molecule has 1 fully saturated rings. The van der Waals surface area contributed by atoms with Gasteiger partial charge in [-0.2, -0.15) is 5.10 Å². The van der Waals surface area contributed by atoms with Crippen LogP contribution in [0.3, 0.4) is 0 Å². The Kier molecular flexibility index (Phi) is 6.04. The van der Waals surface area contributed by atoms with E-state index < -0.39 is 0 Å². The predicted molar refractivity (Wildman–Crippen MR) is 97.9 cm³/mol. The number of rotatable bonds is 2. The van der Waals surface area contributed by atoms with Gasteiger partial charge in [0.15, 0.2) is 10.8 Å². The van der Waals surface area contributed by atoms with Crippen molar-refractivity contribution in [1.29, 1.82) is 0 Å². The van der Waals surface area contributed by atoms with Crippen LogP contribution < -0.4 is 10.2 Å². The lowest BCUT2D eigenvalue weighted by atomic mass is 10.0. The second kappa shape index (κ2) is 7.83. The second-order valence-electron chi connectivity index (χ2n) is 5.83. The van der Waals surface area contributed by atoms with Crippen LogP contribution in [0.2, 0.25) is 5.15 Å². The van der Waals surface area contributed by atoms with E-state index in [4.69, 9.17) is 11.6 Å². The molecule has 1 N–H and O–H groups in total. The van der Waals surface area contributed by atoms with Crippen LogP contribution >= 0.6 is 11.6 Å². The molecule has 1 aliphatic heterocycles. The van der Waals surface area contributed by atoms with E-state index in [1.807, 2.05) is 38.3 Å². The number of nitrogens with one attached hydrogen (secondary N) is 1. The van der Waals surface area contributed by atoms with Crippen LogP contribution in [-0.4, -0.2) is 39.6 Å². The molecule has 0 atom stereocenters. The third-order valence-corrected chi connectivity index (χ3v) is 4.42. The lowest BCUT2D eigenvalue weighted by molar-refractivity contribution is -0.119. The molecule has 0 radical (unpaired) electrons. The number of carbonyl (C=O) groups excluding carboxylic acids is 1. The molecule has 0 unspecified atom stereocenters. The summed E-state index contributed by atoms with van der Waals surface area (Å²) in [6.07, 6.45) is 1.84. The molecule has 2 aromatic rings. The van der Waals surface area contributed by atoms with Crippen LogP contribution in [0.5, 0.6) is 0 Å². The molecule has 0 aromatic carbocycles. The molecular weight excluding hydrogens is 326 g/mol. The number of nitrogens with zero attached hydrogens (tertiary/aromatic N) is 4. The van der Waals surface area contributed by atoms with E-state index in [0.29, 0.717) is 5.15 Å². The summed E-state index contributed by atoms with van der Waals surface area (Å²) in [4.78, 5) is 18.1. The van der Waals surface area contributed by atoms with Crippen molar-refractivity contribution in [2.45, 2.75) is 53.5 Å². The van der Waals surface area contributed by atoms with Gasteiger partial charge in [0.25, 0.3) is 0 Å². The molecule has 3 heterocycles. The Labute approximate surface area is 148 Å². The molecule has 2 aromatic heterocycles. The Hall–Kier alpha value is -1.82. The van der Waals surface area contributed by atoms with Gasteiger partial charge in [-0.1, -0.05) is 25.4 Å². The first-order valence-corrected chi connectivity index (χ1v) is 8.88. The first kappa shape index (κ1) is 18.5. The van der Waals surface area contributed by atoms with E-state index in [1.54, 1.807) is 6.92 Å². The van der Waals surface area contributed by atoms with Gasteiger partial charge in [0, 0.05) is 32.1 Å². The lowest BCUT2D eigenvalue weighted by Crippen LogP contribution is -2.44. The van der Waals surface area contributed by atoms with Crippen molar-refractivity contribution in [3.63, 3.8) is 0 Å². The number of anilines is 1. The molecule has 1 aliphatic rings. The molecule has 0 saturated carbocycles. The van der Waals surface area contributed by atoms with Gasteiger partial charge in [0.1, 0.15) is 0 Å². The van der Waals surface area contributed by atoms with Gasteiger partial charge in [0.2, 0.25) is 5.91 Å². The second-order valence-corrected chi connectivity index (χ2v) is 6.22. The van der Waals surface area contributed by atoms with E-state index in [9.17, 15) is 4.79 Å². The third-order valence-electron chi connectivity index (χ3n) is 4.24. The van der Waals surface area contributed by atoms with Crippen molar-refractivity contribution in [3.8, 4) is 0 Å². The Bertz CT molecular complexity index is 719. The number of aromatic nitrogens is 3. The van der Waals surface area contributed by atoms with Crippen molar-refractivity contribution in [2.24, 2.45) is 0 Å². The summed E-state index contributed by atoms with van der Waals surface area (Å²) < 4.78 is 1.81. The third kappa shape index (κ3) is 3.80. The maximum atomic E-state index is 11.2. The number of carbonyl (C=O) groups is 1. The molecule has 1 saturated heterocycles. The highest BCUT2D eigenvalue weighted by Gasteiger charge is 2.23. The van der Waals surface area contributed by atoms with Crippen LogP contribution in [0.15, 0.2) is 6.07 Å². The molecule has 7 heteroatoms. The van der Waals surface area contributed by atoms with Gasteiger partial charge in [-0.05, 0) is 26.7 Å². The average molecular weight is 352 g/mol. The molecule has 1 amide bonds. The fourth-order valence-electron chi connectivity index (χ4n) is 2.97. The number of halogens is 1. The number of aryl methyl sites for hydroxylation is 2. The van der Waals surface area contributed by atoms with Crippen molar-refractivity contribution >= 4 is 28.8 Å². The van der Waals surface area contributed by atoms with E-state index in [2.05, 4.69) is 20.3 Å². The molecule has 0 spiro atoms. The summed E-state index contributed by atoms with van der Waals surface area (Å²) >= 11 is 6.18. The zero-order valence-corrected chi connectivity index (χ0v) is 15.8. The standard InChI is InChI=1S/C15H20ClN5O.C2H6/c1-9-10(2)21-15(17-9)13(8-14(16)19-21)20-6-4-12(5-7-20)18-11(3)22;1-2/h8,12H,4-7H2,1-3H3,(H,18,22);1-2H3. The van der Waals surface area contributed by atoms with Crippen molar-refractivity contribution in [2.75, 3.05) is 18.0 Å². The molecule has 3 rings (SSSR count). The number of imidazole rings is 1. The highest BCUT2D eigenvalue weighted by Crippen LogP contribution is 2.28. The first-order chi connectivity index (χ1) is 11.5. The molecule has 24 heavy (non-hydrogen) atoms. The molecule has 132 valence electrons. The SMILES string of the molecule is CC.CC(=O)NC1CCN(c2cc(Cl)nn3c(C)c(C)nc23)CC1. The highest BCUT2D eigenvalue weighted by molar-refractivity contribution is 6.29. The summed E-state index contributed by atoms with van der Waals surface area (Å²) in [5.74, 6) is 0.0345. The summed E-state index contributed by atoms with van der Waals surface area (Å²) in [6.45, 7) is 11.3. The summed E-state index contributed by atoms with van der Waals surface area (Å²) in [5.41, 5.74) is 3.82. The summed E-state index contributed by atoms with van der Waals surface area (Å²) in [7, 11) is 0. The Balaban J connectivity index is 0.00000100. The van der Waals surface area contributed by atoms with E-state index in [-0.39, 0.29) is 11.9 Å². The van der Waals surface area contributed by atoms with Crippen molar-refractivity contribution in [3.05, 3.63) is 22.6 Å². The largest absolute Gasteiger partial charge is 0.368 e. The topological polar surface area (TPSA) is 62.5 Å². The average Bonchev–Trinajstić information content (AvgIpc) is 2.84. The van der Waals surface area contributed by atoms with Crippen LogP contribution in [0.4, 0.5) is 5.69 Å². The van der Waals surface area contributed by atoms with Gasteiger partial charge >= 0.3 is 0 Å². The fraction of sp³-hybridized carbons (Fsp3) is 0.588. The Morgan fingerprint density at radius 2 is 1.92 bits per heavy atom. The van der Waals surface area contributed by atoms with Crippen molar-refractivity contribution in [1.82, 2.24) is 19.9 Å². The monoisotopic (exact) mass is 351 g/mol. The smallest absolute Gasteiger partial charge is 0.217 e. The Morgan fingerprint density at radius 1 is 1.29 bits per heavy atom. The number of hydrogen-bond acceptors (Lipinski definition) is 4. The first-order valence-electron chi connectivity index (χ1n) is 8.50. The van der Waals surface area contributed by atoms with Gasteiger partial charge in [0.05, 0.1) is 17.1 Å². The fourth-order valence-corrected chi connectivity index (χ4v) is 3.15. The lowest BCUT2D eigenvalue weighted by Gasteiger charge is -2.33. The minimum absolute atomic E-state index is 0.0345. The Morgan fingerprint density at radius 3 is 2.50 bits per heavy atom. The molecule has 0 aliphatic carbocycles. The van der Waals surface area contributed by atoms with Gasteiger partial charge in [-0.3, -0.25) is 4.79 Å². The van der Waals surface area contributed by atoms with Gasteiger partial charge in [-0.15, -0.1) is 0 Å². The van der Waals surface area contributed by atoms with Crippen molar-refractivity contribution < 1.29 is 4.79 Å². The molecule has 0 bridgehead atoms. The van der Waals surface area contributed by atoms with Crippen LogP contribution in [0.1, 0.15) is 45.0 Å². The predicted octanol–water partition coefficient (Wildman–Crippen LogP) is 3.13. The number of fused-ring (bicyclic) bond motifs is 1. The number of hydrogen-bond donors (Lipinski definition) is 1.